The van der Waals surface area contributed by atoms with Gasteiger partial charge >= 0.3 is 6.18 Å². The number of benzene rings is 1. The number of alkyl halides is 3. The third-order valence-electron chi connectivity index (χ3n) is 2.64. The first kappa shape index (κ1) is 14.1. The number of aromatic nitrogens is 2. The molecule has 0 saturated carbocycles. The maximum atomic E-state index is 12.6. The van der Waals surface area contributed by atoms with Gasteiger partial charge in [0, 0.05) is 11.8 Å². The van der Waals surface area contributed by atoms with Crippen LogP contribution in [0.5, 0.6) is 0 Å². The lowest BCUT2D eigenvalue weighted by Crippen LogP contribution is -2.12. The normalized spacial score (nSPS) is 11.4. The van der Waals surface area contributed by atoms with Gasteiger partial charge in [-0.05, 0) is 24.1 Å². The van der Waals surface area contributed by atoms with Crippen LogP contribution in [0.25, 0.3) is 0 Å². The summed E-state index contributed by atoms with van der Waals surface area (Å²) in [5, 5.41) is 2.80. The van der Waals surface area contributed by atoms with E-state index in [-0.39, 0.29) is 5.82 Å². The average Bonchev–Trinajstić information content (AvgIpc) is 2.37. The number of hydrogen-bond acceptors (Lipinski definition) is 4. The molecule has 1 aromatic heterocycles. The highest BCUT2D eigenvalue weighted by atomic mass is 19.4. The molecule has 0 atom stereocenters. The van der Waals surface area contributed by atoms with E-state index >= 15 is 0 Å². The van der Waals surface area contributed by atoms with Crippen molar-refractivity contribution in [2.24, 2.45) is 0 Å². The maximum absolute atomic E-state index is 12.6. The van der Waals surface area contributed by atoms with Crippen molar-refractivity contribution in [1.82, 2.24) is 9.97 Å². The second kappa shape index (κ2) is 5.36. The van der Waals surface area contributed by atoms with E-state index in [2.05, 4.69) is 15.3 Å². The van der Waals surface area contributed by atoms with Crippen molar-refractivity contribution < 1.29 is 13.2 Å². The molecule has 3 N–H and O–H groups in total. The number of rotatable bonds is 3. The number of halogens is 3. The van der Waals surface area contributed by atoms with Crippen molar-refractivity contribution in [1.29, 1.82) is 0 Å². The molecule has 0 aliphatic rings. The first-order valence-electron chi connectivity index (χ1n) is 5.96. The largest absolute Gasteiger partial charge is 0.433 e. The van der Waals surface area contributed by atoms with Crippen molar-refractivity contribution in [3.05, 3.63) is 41.6 Å². The predicted octanol–water partition coefficient (Wildman–Crippen LogP) is 3.38. The van der Waals surface area contributed by atoms with Crippen LogP contribution in [0.15, 0.2) is 30.3 Å². The molecule has 0 aliphatic heterocycles. The van der Waals surface area contributed by atoms with Gasteiger partial charge in [0.25, 0.3) is 0 Å². The van der Waals surface area contributed by atoms with E-state index in [1.807, 2.05) is 25.1 Å². The number of anilines is 3. The molecule has 0 aliphatic carbocycles. The van der Waals surface area contributed by atoms with Gasteiger partial charge in [-0.3, -0.25) is 0 Å². The molecule has 20 heavy (non-hydrogen) atoms. The quantitative estimate of drug-likeness (QED) is 0.905. The molecule has 0 unspecified atom stereocenters. The summed E-state index contributed by atoms with van der Waals surface area (Å²) < 4.78 is 37.9. The molecule has 0 bridgehead atoms. The molecule has 0 amide bonds. The fourth-order valence-corrected chi connectivity index (χ4v) is 1.69. The first-order chi connectivity index (χ1) is 9.38. The topological polar surface area (TPSA) is 63.8 Å². The van der Waals surface area contributed by atoms with E-state index < -0.39 is 17.8 Å². The van der Waals surface area contributed by atoms with Gasteiger partial charge in [-0.15, -0.1) is 0 Å². The lowest BCUT2D eigenvalue weighted by atomic mass is 10.1. The average molecular weight is 282 g/mol. The number of nitrogen functional groups attached to an aromatic ring is 1. The van der Waals surface area contributed by atoms with E-state index in [0.29, 0.717) is 5.69 Å². The summed E-state index contributed by atoms with van der Waals surface area (Å²) in [6, 6.07) is 8.16. The third kappa shape index (κ3) is 3.37. The van der Waals surface area contributed by atoms with Crippen molar-refractivity contribution in [2.75, 3.05) is 11.1 Å². The van der Waals surface area contributed by atoms with E-state index in [9.17, 15) is 13.2 Å². The van der Waals surface area contributed by atoms with Crippen LogP contribution in [0.1, 0.15) is 18.2 Å². The molecule has 4 nitrogen and oxygen atoms in total. The Morgan fingerprint density at radius 3 is 2.60 bits per heavy atom. The van der Waals surface area contributed by atoms with Crippen LogP contribution in [0.4, 0.5) is 30.6 Å². The van der Waals surface area contributed by atoms with Crippen LogP contribution in [0.2, 0.25) is 0 Å². The van der Waals surface area contributed by atoms with Gasteiger partial charge in [0.15, 0.2) is 5.69 Å². The van der Waals surface area contributed by atoms with E-state index in [1.165, 1.54) is 0 Å². The number of nitrogens with one attached hydrogen (secondary N) is 1. The lowest BCUT2D eigenvalue weighted by Gasteiger charge is -2.11. The summed E-state index contributed by atoms with van der Waals surface area (Å²) in [5.41, 5.74) is 5.95. The second-order valence-electron chi connectivity index (χ2n) is 4.17. The molecule has 2 rings (SSSR count). The van der Waals surface area contributed by atoms with Crippen molar-refractivity contribution in [2.45, 2.75) is 19.5 Å². The predicted molar refractivity (Wildman–Crippen MR) is 70.5 cm³/mol. The smallest absolute Gasteiger partial charge is 0.368 e. The molecule has 1 heterocycles. The Bertz CT molecular complexity index is 611. The van der Waals surface area contributed by atoms with Crippen LogP contribution < -0.4 is 11.1 Å². The lowest BCUT2D eigenvalue weighted by molar-refractivity contribution is -0.141. The fourth-order valence-electron chi connectivity index (χ4n) is 1.69. The summed E-state index contributed by atoms with van der Waals surface area (Å²) in [6.45, 7) is 1.99. The zero-order valence-corrected chi connectivity index (χ0v) is 10.7. The first-order valence-corrected chi connectivity index (χ1v) is 5.96. The summed E-state index contributed by atoms with van der Waals surface area (Å²) in [5.74, 6) is -0.410. The molecule has 0 saturated heterocycles. The van der Waals surface area contributed by atoms with Gasteiger partial charge in [0.2, 0.25) is 5.95 Å². The van der Waals surface area contributed by atoms with E-state index in [1.54, 1.807) is 6.07 Å². The molecule has 0 fully saturated rings. The third-order valence-corrected chi connectivity index (χ3v) is 2.64. The highest BCUT2D eigenvalue weighted by molar-refractivity contribution is 5.58. The standard InChI is InChI=1S/C13H13F3N4/c1-2-8-4-3-5-9(6-8)18-11-7-10(13(14,15)16)19-12(17)20-11/h3-7H,2H2,1H3,(H3,17,18,19,20). The van der Waals surface area contributed by atoms with Crippen LogP contribution >= 0.6 is 0 Å². The Balaban J connectivity index is 2.31. The minimum Gasteiger partial charge on any atom is -0.368 e. The van der Waals surface area contributed by atoms with E-state index in [0.717, 1.165) is 18.1 Å². The van der Waals surface area contributed by atoms with Gasteiger partial charge in [0.05, 0.1) is 0 Å². The molecule has 1 aromatic carbocycles. The van der Waals surface area contributed by atoms with Crippen LogP contribution in [0, 0.1) is 0 Å². The highest BCUT2D eigenvalue weighted by Crippen LogP contribution is 2.30. The summed E-state index contributed by atoms with van der Waals surface area (Å²) in [6.07, 6.45) is -3.73. The molecule has 0 spiro atoms. The number of nitrogens with two attached hydrogens (primary N) is 1. The van der Waals surface area contributed by atoms with Crippen LogP contribution in [0.3, 0.4) is 0 Å². The SMILES string of the molecule is CCc1cccc(Nc2cc(C(F)(F)F)nc(N)n2)c1. The van der Waals surface area contributed by atoms with Crippen molar-refractivity contribution in [3.8, 4) is 0 Å². The van der Waals surface area contributed by atoms with Gasteiger partial charge in [-0.1, -0.05) is 19.1 Å². The van der Waals surface area contributed by atoms with Gasteiger partial charge in [-0.2, -0.15) is 18.2 Å². The number of aryl methyl sites for hydroxylation is 1. The number of nitrogens with zero attached hydrogens (tertiary/aromatic N) is 2. The maximum Gasteiger partial charge on any atom is 0.433 e. The molecular weight excluding hydrogens is 269 g/mol. The monoisotopic (exact) mass is 282 g/mol. The summed E-state index contributed by atoms with van der Waals surface area (Å²) >= 11 is 0. The Morgan fingerprint density at radius 2 is 1.95 bits per heavy atom. The van der Waals surface area contributed by atoms with Gasteiger partial charge < -0.3 is 11.1 Å². The van der Waals surface area contributed by atoms with Crippen LogP contribution in [-0.2, 0) is 12.6 Å². The van der Waals surface area contributed by atoms with Crippen molar-refractivity contribution >= 4 is 17.5 Å². The van der Waals surface area contributed by atoms with Gasteiger partial charge in [-0.25, -0.2) is 4.98 Å². The molecule has 0 radical (unpaired) electrons. The minimum atomic E-state index is -4.56. The summed E-state index contributed by atoms with van der Waals surface area (Å²) in [4.78, 5) is 6.94. The van der Waals surface area contributed by atoms with Crippen LogP contribution in [-0.4, -0.2) is 9.97 Å². The number of hydrogen-bond donors (Lipinski definition) is 2. The molecule has 7 heteroatoms. The Hall–Kier alpha value is -2.31. The Morgan fingerprint density at radius 1 is 1.20 bits per heavy atom. The minimum absolute atomic E-state index is 0.0121. The molecule has 106 valence electrons. The highest BCUT2D eigenvalue weighted by Gasteiger charge is 2.33. The Labute approximate surface area is 113 Å². The van der Waals surface area contributed by atoms with Crippen molar-refractivity contribution in [3.63, 3.8) is 0 Å². The van der Waals surface area contributed by atoms with E-state index in [4.69, 9.17) is 5.73 Å². The molecule has 2 aromatic rings. The van der Waals surface area contributed by atoms with Gasteiger partial charge in [0.1, 0.15) is 5.82 Å². The Kier molecular flexibility index (Phi) is 3.78. The second-order valence-corrected chi connectivity index (χ2v) is 4.17. The summed E-state index contributed by atoms with van der Waals surface area (Å²) in [7, 11) is 0. The fraction of sp³-hybridized carbons (Fsp3) is 0.231. The zero-order valence-electron chi connectivity index (χ0n) is 10.7. The zero-order chi connectivity index (χ0) is 14.8. The molecular formula is C13H13F3N4.